The topological polar surface area (TPSA) is 79.1 Å². The van der Waals surface area contributed by atoms with Gasteiger partial charge in [-0.3, -0.25) is 5.32 Å². The summed E-state index contributed by atoms with van der Waals surface area (Å²) in [4.78, 5) is 10.3. The summed E-state index contributed by atoms with van der Waals surface area (Å²) in [5.74, 6) is 1.97. The lowest BCUT2D eigenvalue weighted by Crippen LogP contribution is -2.48. The highest BCUT2D eigenvalue weighted by Crippen LogP contribution is 2.06. The molecule has 2 heterocycles. The maximum absolute atomic E-state index is 5.63. The molecule has 1 aliphatic rings. The average molecular weight is 221 g/mol. The normalized spacial score (nSPS) is 19.8. The van der Waals surface area contributed by atoms with Crippen LogP contribution in [-0.4, -0.2) is 30.0 Å². The van der Waals surface area contributed by atoms with E-state index >= 15 is 0 Å². The van der Waals surface area contributed by atoms with Crippen LogP contribution in [0.4, 0.5) is 0 Å². The van der Waals surface area contributed by atoms with Crippen molar-refractivity contribution in [2.75, 3.05) is 7.05 Å². The number of nitrogens with one attached hydrogen (secondary N) is 1. The summed E-state index contributed by atoms with van der Waals surface area (Å²) in [5, 5.41) is 2.92. The molecular weight excluding hydrogens is 206 g/mol. The van der Waals surface area contributed by atoms with E-state index in [1.807, 2.05) is 31.0 Å². The van der Waals surface area contributed by atoms with E-state index in [9.17, 15) is 0 Å². The second kappa shape index (κ2) is 4.26. The van der Waals surface area contributed by atoms with Crippen LogP contribution in [0.3, 0.4) is 0 Å². The van der Waals surface area contributed by atoms with Crippen LogP contribution in [0, 0.1) is 0 Å². The number of hydrogen-bond donors (Lipinski definition) is 2. The Balaban J connectivity index is 2.02. The number of guanidine groups is 2. The third-order valence-corrected chi connectivity index (χ3v) is 2.21. The van der Waals surface area contributed by atoms with Gasteiger partial charge in [-0.15, -0.1) is 0 Å². The van der Waals surface area contributed by atoms with E-state index in [4.69, 9.17) is 10.2 Å². The standard InChI is InChI=1S/C10H15N5O/c1-7-12-9(11)14-10(13-7)15(2)6-8-4-3-5-16-8/h3-5,7H,6H2,1-2H3,(H3,11,12,13,14). The molecule has 6 heteroatoms. The summed E-state index contributed by atoms with van der Waals surface area (Å²) in [6.45, 7) is 2.52. The highest BCUT2D eigenvalue weighted by Gasteiger charge is 2.15. The molecule has 0 aliphatic carbocycles. The Labute approximate surface area is 93.8 Å². The molecule has 0 radical (unpaired) electrons. The summed E-state index contributed by atoms with van der Waals surface area (Å²) < 4.78 is 5.26. The SMILES string of the molecule is CC1N=C(N)NC(N(C)Cc2ccco2)=N1. The van der Waals surface area contributed by atoms with Crippen molar-refractivity contribution in [3.8, 4) is 0 Å². The van der Waals surface area contributed by atoms with Crippen LogP contribution >= 0.6 is 0 Å². The molecule has 0 aromatic carbocycles. The lowest BCUT2D eigenvalue weighted by atomic mass is 10.4. The molecule has 3 N–H and O–H groups in total. The van der Waals surface area contributed by atoms with Gasteiger partial charge in [-0.2, -0.15) is 0 Å². The van der Waals surface area contributed by atoms with Crippen LogP contribution < -0.4 is 11.1 Å². The van der Waals surface area contributed by atoms with Crippen molar-refractivity contribution in [1.29, 1.82) is 0 Å². The Morgan fingerprint density at radius 3 is 3.00 bits per heavy atom. The average Bonchev–Trinajstić information content (AvgIpc) is 2.68. The summed E-state index contributed by atoms with van der Waals surface area (Å²) in [5.41, 5.74) is 5.63. The van der Waals surface area contributed by atoms with Gasteiger partial charge in [-0.05, 0) is 19.1 Å². The molecule has 1 aromatic heterocycles. The van der Waals surface area contributed by atoms with Gasteiger partial charge in [0.25, 0.3) is 0 Å². The number of rotatable bonds is 2. The fraction of sp³-hybridized carbons (Fsp3) is 0.400. The molecule has 0 saturated carbocycles. The molecule has 86 valence electrons. The Bertz CT molecular complexity index is 409. The Morgan fingerprint density at radius 2 is 2.38 bits per heavy atom. The smallest absolute Gasteiger partial charge is 0.203 e. The predicted molar refractivity (Wildman–Crippen MR) is 61.8 cm³/mol. The van der Waals surface area contributed by atoms with Crippen LogP contribution in [0.1, 0.15) is 12.7 Å². The molecule has 2 rings (SSSR count). The molecule has 0 spiro atoms. The predicted octanol–water partition coefficient (Wildman–Crippen LogP) is 0.331. The molecule has 0 bridgehead atoms. The number of nitrogens with zero attached hydrogens (tertiary/aromatic N) is 3. The van der Waals surface area contributed by atoms with Gasteiger partial charge in [0.2, 0.25) is 5.96 Å². The molecule has 6 nitrogen and oxygen atoms in total. The third kappa shape index (κ3) is 2.33. The van der Waals surface area contributed by atoms with Gasteiger partial charge < -0.3 is 15.1 Å². The highest BCUT2D eigenvalue weighted by molar-refractivity contribution is 5.99. The van der Waals surface area contributed by atoms with Crippen molar-refractivity contribution >= 4 is 11.9 Å². The maximum Gasteiger partial charge on any atom is 0.203 e. The van der Waals surface area contributed by atoms with E-state index in [-0.39, 0.29) is 6.17 Å². The lowest BCUT2D eigenvalue weighted by molar-refractivity contribution is 0.401. The first kappa shape index (κ1) is 10.5. The summed E-state index contributed by atoms with van der Waals surface area (Å²) >= 11 is 0. The highest BCUT2D eigenvalue weighted by atomic mass is 16.3. The molecular formula is C10H15N5O. The van der Waals surface area contributed by atoms with Crippen LogP contribution in [0.15, 0.2) is 32.8 Å². The fourth-order valence-corrected chi connectivity index (χ4v) is 1.49. The monoisotopic (exact) mass is 221 g/mol. The van der Waals surface area contributed by atoms with Crippen LogP contribution in [0.5, 0.6) is 0 Å². The zero-order valence-electron chi connectivity index (χ0n) is 9.34. The minimum Gasteiger partial charge on any atom is -0.467 e. The summed E-state index contributed by atoms with van der Waals surface area (Å²) in [7, 11) is 1.92. The van der Waals surface area contributed by atoms with Crippen molar-refractivity contribution in [1.82, 2.24) is 10.2 Å². The van der Waals surface area contributed by atoms with Gasteiger partial charge in [0, 0.05) is 7.05 Å². The van der Waals surface area contributed by atoms with E-state index in [0.717, 1.165) is 5.76 Å². The first-order chi connectivity index (χ1) is 7.65. The Kier molecular flexibility index (Phi) is 2.80. The minimum absolute atomic E-state index is 0.143. The van der Waals surface area contributed by atoms with Gasteiger partial charge in [-0.1, -0.05) is 0 Å². The first-order valence-electron chi connectivity index (χ1n) is 5.07. The van der Waals surface area contributed by atoms with Gasteiger partial charge in [0.05, 0.1) is 12.8 Å². The van der Waals surface area contributed by atoms with Crippen molar-refractivity contribution in [2.45, 2.75) is 19.6 Å². The third-order valence-electron chi connectivity index (χ3n) is 2.21. The molecule has 16 heavy (non-hydrogen) atoms. The Hall–Kier alpha value is -1.98. The van der Waals surface area contributed by atoms with Crippen molar-refractivity contribution < 1.29 is 4.42 Å². The van der Waals surface area contributed by atoms with E-state index in [1.165, 1.54) is 0 Å². The zero-order valence-corrected chi connectivity index (χ0v) is 9.34. The quantitative estimate of drug-likeness (QED) is 0.754. The first-order valence-corrected chi connectivity index (χ1v) is 5.07. The second-order valence-electron chi connectivity index (χ2n) is 3.66. The van der Waals surface area contributed by atoms with Crippen molar-refractivity contribution in [2.24, 2.45) is 15.7 Å². The van der Waals surface area contributed by atoms with Gasteiger partial charge >= 0.3 is 0 Å². The Morgan fingerprint density at radius 1 is 1.56 bits per heavy atom. The molecule has 1 aromatic rings. The number of nitrogens with two attached hydrogens (primary N) is 1. The number of furan rings is 1. The van der Waals surface area contributed by atoms with E-state index in [1.54, 1.807) is 6.26 Å². The zero-order chi connectivity index (χ0) is 11.5. The molecule has 1 atom stereocenters. The molecule has 0 amide bonds. The van der Waals surface area contributed by atoms with Gasteiger partial charge in [0.15, 0.2) is 5.96 Å². The van der Waals surface area contributed by atoms with E-state index in [0.29, 0.717) is 18.5 Å². The van der Waals surface area contributed by atoms with Crippen molar-refractivity contribution in [3.05, 3.63) is 24.2 Å². The lowest BCUT2D eigenvalue weighted by Gasteiger charge is -2.24. The van der Waals surface area contributed by atoms with Crippen LogP contribution in [0.2, 0.25) is 0 Å². The second-order valence-corrected chi connectivity index (χ2v) is 3.66. The molecule has 0 fully saturated rings. The fourth-order valence-electron chi connectivity index (χ4n) is 1.49. The number of aliphatic imine (C=N–C) groups is 2. The minimum atomic E-state index is -0.143. The van der Waals surface area contributed by atoms with Gasteiger partial charge in [0.1, 0.15) is 11.9 Å². The number of hydrogen-bond acceptors (Lipinski definition) is 6. The van der Waals surface area contributed by atoms with Gasteiger partial charge in [-0.25, -0.2) is 9.98 Å². The van der Waals surface area contributed by atoms with Crippen molar-refractivity contribution in [3.63, 3.8) is 0 Å². The van der Waals surface area contributed by atoms with E-state index in [2.05, 4.69) is 15.3 Å². The van der Waals surface area contributed by atoms with Crippen LogP contribution in [0.25, 0.3) is 0 Å². The molecule has 0 saturated heterocycles. The largest absolute Gasteiger partial charge is 0.467 e. The molecule has 1 unspecified atom stereocenters. The molecule has 1 aliphatic heterocycles. The van der Waals surface area contributed by atoms with E-state index < -0.39 is 0 Å². The maximum atomic E-state index is 5.63. The summed E-state index contributed by atoms with van der Waals surface area (Å²) in [6, 6.07) is 3.78. The van der Waals surface area contributed by atoms with Crippen LogP contribution in [-0.2, 0) is 6.54 Å². The summed E-state index contributed by atoms with van der Waals surface area (Å²) in [6.07, 6.45) is 1.51.